The molecule has 2 aromatic carbocycles. The van der Waals surface area contributed by atoms with Gasteiger partial charge in [-0.05, 0) is 47.7 Å². The minimum absolute atomic E-state index is 0.128. The quantitative estimate of drug-likeness (QED) is 0.774. The number of hydrogen-bond acceptors (Lipinski definition) is 2. The van der Waals surface area contributed by atoms with Crippen LogP contribution in [0, 0.1) is 0 Å². The first-order chi connectivity index (χ1) is 11.1. The zero-order valence-corrected chi connectivity index (χ0v) is 13.9. The number of carbonyl (C=O) groups excluding carboxylic acids is 1. The van der Waals surface area contributed by atoms with Crippen molar-refractivity contribution in [1.82, 2.24) is 0 Å². The van der Waals surface area contributed by atoms with Gasteiger partial charge in [-0.2, -0.15) is 0 Å². The summed E-state index contributed by atoms with van der Waals surface area (Å²) in [6.45, 7) is 4.31. The van der Waals surface area contributed by atoms with Crippen LogP contribution in [0.4, 0.5) is 5.69 Å². The molecule has 1 amide bonds. The first-order valence-corrected chi connectivity index (χ1v) is 7.86. The van der Waals surface area contributed by atoms with E-state index in [1.807, 2.05) is 42.5 Å². The van der Waals surface area contributed by atoms with Crippen LogP contribution in [-0.2, 0) is 4.79 Å². The summed E-state index contributed by atoms with van der Waals surface area (Å²) in [5, 5.41) is 2.97. The Hall–Kier alpha value is -2.55. The van der Waals surface area contributed by atoms with E-state index in [2.05, 4.69) is 25.2 Å². The maximum Gasteiger partial charge on any atom is 0.248 e. The number of methoxy groups -OCH3 is 1. The first kappa shape index (κ1) is 16.8. The molecule has 120 valence electrons. The summed E-state index contributed by atoms with van der Waals surface area (Å²) >= 11 is 0. The third-order valence-electron chi connectivity index (χ3n) is 3.90. The second-order valence-corrected chi connectivity index (χ2v) is 5.49. The molecule has 0 bridgehead atoms. The van der Waals surface area contributed by atoms with E-state index in [4.69, 9.17) is 4.74 Å². The average molecular weight is 309 g/mol. The molecule has 23 heavy (non-hydrogen) atoms. The highest BCUT2D eigenvalue weighted by Gasteiger charge is 2.09. The predicted molar refractivity (Wildman–Crippen MR) is 95.8 cm³/mol. The molecule has 0 saturated carbocycles. The van der Waals surface area contributed by atoms with Crippen LogP contribution in [0.25, 0.3) is 6.08 Å². The molecule has 0 spiro atoms. The van der Waals surface area contributed by atoms with Crippen molar-refractivity contribution in [3.63, 3.8) is 0 Å². The SMILES string of the molecule is CCC(C)c1ccccc1NC(=O)/C=C/c1ccc(OC)cc1. The highest BCUT2D eigenvalue weighted by atomic mass is 16.5. The maximum absolute atomic E-state index is 12.1. The van der Waals surface area contributed by atoms with Gasteiger partial charge < -0.3 is 10.1 Å². The molecule has 1 unspecified atom stereocenters. The van der Waals surface area contributed by atoms with Crippen molar-refractivity contribution in [3.05, 3.63) is 65.7 Å². The number of carbonyl (C=O) groups is 1. The lowest BCUT2D eigenvalue weighted by Gasteiger charge is -2.14. The number of amides is 1. The van der Waals surface area contributed by atoms with E-state index in [9.17, 15) is 4.79 Å². The molecule has 2 aromatic rings. The number of ether oxygens (including phenoxy) is 1. The van der Waals surface area contributed by atoms with Gasteiger partial charge in [0.05, 0.1) is 7.11 Å². The lowest BCUT2D eigenvalue weighted by atomic mass is 9.97. The molecule has 2 rings (SSSR count). The van der Waals surface area contributed by atoms with Crippen molar-refractivity contribution >= 4 is 17.7 Å². The maximum atomic E-state index is 12.1. The molecule has 3 heteroatoms. The largest absolute Gasteiger partial charge is 0.497 e. The van der Waals surface area contributed by atoms with E-state index in [1.54, 1.807) is 19.3 Å². The molecule has 1 N–H and O–H groups in total. The number of anilines is 1. The normalized spacial score (nSPS) is 12.1. The van der Waals surface area contributed by atoms with Gasteiger partial charge in [-0.1, -0.05) is 44.2 Å². The van der Waals surface area contributed by atoms with Gasteiger partial charge in [0, 0.05) is 11.8 Å². The van der Waals surface area contributed by atoms with Gasteiger partial charge in [0.25, 0.3) is 0 Å². The van der Waals surface area contributed by atoms with Gasteiger partial charge in [0.15, 0.2) is 0 Å². The molecule has 1 atom stereocenters. The van der Waals surface area contributed by atoms with Crippen LogP contribution in [0.15, 0.2) is 54.6 Å². The monoisotopic (exact) mass is 309 g/mol. The Bertz CT molecular complexity index is 674. The van der Waals surface area contributed by atoms with Gasteiger partial charge in [-0.25, -0.2) is 0 Å². The number of hydrogen-bond donors (Lipinski definition) is 1. The Morgan fingerprint density at radius 3 is 2.52 bits per heavy atom. The smallest absolute Gasteiger partial charge is 0.248 e. The molecule has 0 aliphatic rings. The topological polar surface area (TPSA) is 38.3 Å². The van der Waals surface area contributed by atoms with E-state index in [0.29, 0.717) is 5.92 Å². The summed E-state index contributed by atoms with van der Waals surface area (Å²) in [7, 11) is 1.63. The minimum Gasteiger partial charge on any atom is -0.497 e. The molecule has 0 aliphatic heterocycles. The molecule has 0 saturated heterocycles. The number of rotatable bonds is 6. The lowest BCUT2D eigenvalue weighted by molar-refractivity contribution is -0.111. The Morgan fingerprint density at radius 2 is 1.87 bits per heavy atom. The molecule has 0 heterocycles. The van der Waals surface area contributed by atoms with Crippen molar-refractivity contribution < 1.29 is 9.53 Å². The van der Waals surface area contributed by atoms with Crippen LogP contribution in [0.2, 0.25) is 0 Å². The summed E-state index contributed by atoms with van der Waals surface area (Å²) in [4.78, 5) is 12.1. The third kappa shape index (κ3) is 4.71. The highest BCUT2D eigenvalue weighted by Crippen LogP contribution is 2.26. The predicted octanol–water partition coefficient (Wildman–Crippen LogP) is 4.86. The van der Waals surface area contributed by atoms with Crippen LogP contribution < -0.4 is 10.1 Å². The van der Waals surface area contributed by atoms with Crippen molar-refractivity contribution in [3.8, 4) is 5.75 Å². The number of benzene rings is 2. The molecule has 0 radical (unpaired) electrons. The summed E-state index contributed by atoms with van der Waals surface area (Å²) < 4.78 is 5.12. The highest BCUT2D eigenvalue weighted by molar-refractivity contribution is 6.02. The second kappa shape index (κ2) is 8.18. The molecule has 0 aliphatic carbocycles. The molecule has 0 fully saturated rings. The fourth-order valence-electron chi connectivity index (χ4n) is 2.32. The van der Waals surface area contributed by atoms with Crippen molar-refractivity contribution in [2.75, 3.05) is 12.4 Å². The standard InChI is InChI=1S/C20H23NO2/c1-4-15(2)18-7-5-6-8-19(18)21-20(22)14-11-16-9-12-17(23-3)13-10-16/h5-15H,4H2,1-3H3,(H,21,22)/b14-11+. The summed E-state index contributed by atoms with van der Waals surface area (Å²) in [6, 6.07) is 15.5. The van der Waals surface area contributed by atoms with Gasteiger partial charge in [0.1, 0.15) is 5.75 Å². The molecular formula is C20H23NO2. The van der Waals surface area contributed by atoms with E-state index >= 15 is 0 Å². The Kier molecular flexibility index (Phi) is 5.98. The summed E-state index contributed by atoms with van der Waals surface area (Å²) in [6.07, 6.45) is 4.38. The summed E-state index contributed by atoms with van der Waals surface area (Å²) in [5.74, 6) is 1.09. The molecule has 0 aromatic heterocycles. The van der Waals surface area contributed by atoms with Gasteiger partial charge >= 0.3 is 0 Å². The fraction of sp³-hybridized carbons (Fsp3) is 0.250. The van der Waals surface area contributed by atoms with Gasteiger partial charge in [0.2, 0.25) is 5.91 Å². The second-order valence-electron chi connectivity index (χ2n) is 5.49. The zero-order valence-electron chi connectivity index (χ0n) is 13.9. The Labute approximate surface area is 138 Å². The first-order valence-electron chi connectivity index (χ1n) is 7.86. The van der Waals surface area contributed by atoms with E-state index in [-0.39, 0.29) is 5.91 Å². The van der Waals surface area contributed by atoms with Gasteiger partial charge in [-0.3, -0.25) is 4.79 Å². The van der Waals surface area contributed by atoms with Crippen molar-refractivity contribution in [1.29, 1.82) is 0 Å². The fourth-order valence-corrected chi connectivity index (χ4v) is 2.32. The van der Waals surface area contributed by atoms with Crippen LogP contribution in [0.5, 0.6) is 5.75 Å². The van der Waals surface area contributed by atoms with E-state index in [0.717, 1.165) is 23.4 Å². The molecular weight excluding hydrogens is 286 g/mol. The third-order valence-corrected chi connectivity index (χ3v) is 3.90. The minimum atomic E-state index is -0.128. The van der Waals surface area contributed by atoms with Crippen LogP contribution in [0.1, 0.15) is 37.3 Å². The molecule has 3 nitrogen and oxygen atoms in total. The Morgan fingerprint density at radius 1 is 1.17 bits per heavy atom. The van der Waals surface area contributed by atoms with E-state index in [1.165, 1.54) is 5.56 Å². The van der Waals surface area contributed by atoms with Crippen LogP contribution >= 0.6 is 0 Å². The van der Waals surface area contributed by atoms with Crippen LogP contribution in [-0.4, -0.2) is 13.0 Å². The zero-order chi connectivity index (χ0) is 16.7. The van der Waals surface area contributed by atoms with Crippen LogP contribution in [0.3, 0.4) is 0 Å². The van der Waals surface area contributed by atoms with E-state index < -0.39 is 0 Å². The number of para-hydroxylation sites is 1. The van der Waals surface area contributed by atoms with Crippen molar-refractivity contribution in [2.24, 2.45) is 0 Å². The van der Waals surface area contributed by atoms with Gasteiger partial charge in [-0.15, -0.1) is 0 Å². The average Bonchev–Trinajstić information content (AvgIpc) is 2.60. The Balaban J connectivity index is 2.06. The lowest BCUT2D eigenvalue weighted by Crippen LogP contribution is -2.10. The van der Waals surface area contributed by atoms with Crippen molar-refractivity contribution in [2.45, 2.75) is 26.2 Å². The number of nitrogens with one attached hydrogen (secondary N) is 1. The summed E-state index contributed by atoms with van der Waals surface area (Å²) in [5.41, 5.74) is 3.00.